The lowest BCUT2D eigenvalue weighted by molar-refractivity contribution is -0.119. The molecule has 0 spiro atoms. The van der Waals surface area contributed by atoms with Gasteiger partial charge in [-0.1, -0.05) is 24.3 Å². The molecule has 0 radical (unpaired) electrons. The number of H-pyrrole nitrogens is 1. The highest BCUT2D eigenvalue weighted by molar-refractivity contribution is 5.92. The fourth-order valence-electron chi connectivity index (χ4n) is 2.29. The number of carbonyl (C=O) groups is 1. The van der Waals surface area contributed by atoms with Crippen molar-refractivity contribution in [3.8, 4) is 11.1 Å². The molecule has 1 amide bonds. The van der Waals surface area contributed by atoms with E-state index in [1.165, 1.54) is 0 Å². The standard InChI is InChI=1S/C16H15N3O/c1-17-15(20)10-11-2-4-12(5-3-11)13-6-8-18-16-14(13)7-9-19-16/h2-9H,10H2,1H3,(H,17,20)(H,18,19). The van der Waals surface area contributed by atoms with Crippen LogP contribution in [0.4, 0.5) is 0 Å². The molecule has 2 heterocycles. The van der Waals surface area contributed by atoms with Gasteiger partial charge in [0.1, 0.15) is 5.65 Å². The van der Waals surface area contributed by atoms with Crippen LogP contribution in [0.25, 0.3) is 22.2 Å². The SMILES string of the molecule is CNC(=O)Cc1ccc(-c2ccnc3[nH]ccc23)cc1. The minimum atomic E-state index is 0.0229. The van der Waals surface area contributed by atoms with Crippen LogP contribution < -0.4 is 5.32 Å². The van der Waals surface area contributed by atoms with Crippen molar-refractivity contribution in [2.75, 3.05) is 7.05 Å². The maximum absolute atomic E-state index is 11.4. The summed E-state index contributed by atoms with van der Waals surface area (Å²) in [6.45, 7) is 0. The number of carbonyl (C=O) groups excluding carboxylic acids is 1. The molecule has 1 aromatic carbocycles. The number of pyridine rings is 1. The molecule has 4 nitrogen and oxygen atoms in total. The zero-order chi connectivity index (χ0) is 13.9. The Labute approximate surface area is 116 Å². The number of nitrogens with zero attached hydrogens (tertiary/aromatic N) is 1. The molecule has 0 saturated carbocycles. The lowest BCUT2D eigenvalue weighted by Crippen LogP contribution is -2.19. The van der Waals surface area contributed by atoms with E-state index in [0.29, 0.717) is 6.42 Å². The minimum absolute atomic E-state index is 0.0229. The predicted octanol–water partition coefficient (Wildman–Crippen LogP) is 2.52. The van der Waals surface area contributed by atoms with Gasteiger partial charge in [0.05, 0.1) is 6.42 Å². The fourth-order valence-corrected chi connectivity index (χ4v) is 2.29. The normalized spacial score (nSPS) is 10.7. The van der Waals surface area contributed by atoms with Gasteiger partial charge in [-0.05, 0) is 28.8 Å². The topological polar surface area (TPSA) is 57.8 Å². The molecule has 0 fully saturated rings. The second kappa shape index (κ2) is 5.17. The summed E-state index contributed by atoms with van der Waals surface area (Å²) in [4.78, 5) is 18.8. The Bertz CT molecular complexity index is 744. The van der Waals surface area contributed by atoms with Crippen molar-refractivity contribution in [1.29, 1.82) is 0 Å². The quantitative estimate of drug-likeness (QED) is 0.764. The number of benzene rings is 1. The zero-order valence-electron chi connectivity index (χ0n) is 11.2. The van der Waals surface area contributed by atoms with Gasteiger partial charge in [0, 0.05) is 24.8 Å². The van der Waals surface area contributed by atoms with E-state index in [0.717, 1.165) is 27.7 Å². The lowest BCUT2D eigenvalue weighted by Gasteiger charge is -2.05. The van der Waals surface area contributed by atoms with Crippen LogP contribution in [0.3, 0.4) is 0 Å². The third-order valence-corrected chi connectivity index (χ3v) is 3.37. The van der Waals surface area contributed by atoms with Gasteiger partial charge in [-0.3, -0.25) is 4.79 Å². The molecule has 2 N–H and O–H groups in total. The van der Waals surface area contributed by atoms with Crippen molar-refractivity contribution in [1.82, 2.24) is 15.3 Å². The summed E-state index contributed by atoms with van der Waals surface area (Å²) in [5.41, 5.74) is 4.16. The van der Waals surface area contributed by atoms with Crippen LogP contribution in [-0.4, -0.2) is 22.9 Å². The molecule has 100 valence electrons. The minimum Gasteiger partial charge on any atom is -0.359 e. The van der Waals surface area contributed by atoms with Gasteiger partial charge in [0.25, 0.3) is 0 Å². The summed E-state index contributed by atoms with van der Waals surface area (Å²) in [5.74, 6) is 0.0229. The molecule has 3 aromatic rings. The van der Waals surface area contributed by atoms with Crippen LogP contribution in [-0.2, 0) is 11.2 Å². The number of aromatic nitrogens is 2. The van der Waals surface area contributed by atoms with Crippen LogP contribution in [0, 0.1) is 0 Å². The van der Waals surface area contributed by atoms with Crippen LogP contribution in [0.15, 0.2) is 48.8 Å². The van der Waals surface area contributed by atoms with E-state index >= 15 is 0 Å². The summed E-state index contributed by atoms with van der Waals surface area (Å²) in [7, 11) is 1.65. The van der Waals surface area contributed by atoms with E-state index in [4.69, 9.17) is 0 Å². The molecule has 0 aliphatic rings. The average molecular weight is 265 g/mol. The van der Waals surface area contributed by atoms with Crippen molar-refractivity contribution in [3.05, 3.63) is 54.4 Å². The van der Waals surface area contributed by atoms with E-state index in [1.807, 2.05) is 42.6 Å². The molecule has 0 aliphatic heterocycles. The smallest absolute Gasteiger partial charge is 0.224 e. The lowest BCUT2D eigenvalue weighted by atomic mass is 10.0. The first-order valence-corrected chi connectivity index (χ1v) is 6.50. The summed E-state index contributed by atoms with van der Waals surface area (Å²) in [6.07, 6.45) is 4.10. The molecule has 4 heteroatoms. The van der Waals surface area contributed by atoms with Crippen molar-refractivity contribution in [3.63, 3.8) is 0 Å². The maximum atomic E-state index is 11.4. The Morgan fingerprint density at radius 1 is 1.20 bits per heavy atom. The van der Waals surface area contributed by atoms with Crippen molar-refractivity contribution < 1.29 is 4.79 Å². The Kier molecular flexibility index (Phi) is 3.21. The van der Waals surface area contributed by atoms with Crippen molar-refractivity contribution in [2.45, 2.75) is 6.42 Å². The van der Waals surface area contributed by atoms with Crippen LogP contribution >= 0.6 is 0 Å². The van der Waals surface area contributed by atoms with E-state index in [-0.39, 0.29) is 5.91 Å². The largest absolute Gasteiger partial charge is 0.359 e. The first kappa shape index (κ1) is 12.4. The molecule has 0 unspecified atom stereocenters. The molecular formula is C16H15N3O. The first-order valence-electron chi connectivity index (χ1n) is 6.50. The van der Waals surface area contributed by atoms with Crippen LogP contribution in [0.1, 0.15) is 5.56 Å². The maximum Gasteiger partial charge on any atom is 0.224 e. The number of hydrogen-bond acceptors (Lipinski definition) is 2. The van der Waals surface area contributed by atoms with Crippen molar-refractivity contribution in [2.24, 2.45) is 0 Å². The van der Waals surface area contributed by atoms with Crippen molar-refractivity contribution >= 4 is 16.9 Å². The summed E-state index contributed by atoms with van der Waals surface area (Å²) < 4.78 is 0. The first-order chi connectivity index (χ1) is 9.78. The average Bonchev–Trinajstić information content (AvgIpc) is 2.96. The highest BCUT2D eigenvalue weighted by Gasteiger charge is 2.06. The summed E-state index contributed by atoms with van der Waals surface area (Å²) in [6, 6.07) is 12.1. The molecule has 0 atom stereocenters. The highest BCUT2D eigenvalue weighted by atomic mass is 16.1. The Hall–Kier alpha value is -2.62. The highest BCUT2D eigenvalue weighted by Crippen LogP contribution is 2.27. The van der Waals surface area contributed by atoms with Gasteiger partial charge in [0.2, 0.25) is 5.91 Å². The second-order valence-corrected chi connectivity index (χ2v) is 4.65. The number of hydrogen-bond donors (Lipinski definition) is 2. The van der Waals surface area contributed by atoms with Gasteiger partial charge >= 0.3 is 0 Å². The molecular weight excluding hydrogens is 250 g/mol. The monoisotopic (exact) mass is 265 g/mol. The van der Waals surface area contributed by atoms with E-state index in [1.54, 1.807) is 13.2 Å². The van der Waals surface area contributed by atoms with Crippen LogP contribution in [0.5, 0.6) is 0 Å². The van der Waals surface area contributed by atoms with Gasteiger partial charge in [-0.25, -0.2) is 4.98 Å². The van der Waals surface area contributed by atoms with E-state index < -0.39 is 0 Å². The third kappa shape index (κ3) is 2.28. The number of amides is 1. The molecule has 0 saturated heterocycles. The Morgan fingerprint density at radius 3 is 2.75 bits per heavy atom. The Balaban J connectivity index is 1.95. The van der Waals surface area contributed by atoms with Gasteiger partial charge in [0.15, 0.2) is 0 Å². The van der Waals surface area contributed by atoms with E-state index in [9.17, 15) is 4.79 Å². The number of fused-ring (bicyclic) bond motifs is 1. The number of rotatable bonds is 3. The summed E-state index contributed by atoms with van der Waals surface area (Å²) >= 11 is 0. The molecule has 20 heavy (non-hydrogen) atoms. The summed E-state index contributed by atoms with van der Waals surface area (Å²) in [5, 5.41) is 3.73. The van der Waals surface area contributed by atoms with E-state index in [2.05, 4.69) is 15.3 Å². The Morgan fingerprint density at radius 2 is 2.00 bits per heavy atom. The molecule has 2 aromatic heterocycles. The number of likely N-dealkylation sites (N-methyl/N-ethyl adjacent to an activating group) is 1. The fraction of sp³-hybridized carbons (Fsp3) is 0.125. The van der Waals surface area contributed by atoms with Gasteiger partial charge < -0.3 is 10.3 Å². The second-order valence-electron chi connectivity index (χ2n) is 4.65. The van der Waals surface area contributed by atoms with Gasteiger partial charge in [-0.15, -0.1) is 0 Å². The number of nitrogens with one attached hydrogen (secondary N) is 2. The third-order valence-electron chi connectivity index (χ3n) is 3.37. The van der Waals surface area contributed by atoms with Crippen LogP contribution in [0.2, 0.25) is 0 Å². The molecule has 3 rings (SSSR count). The van der Waals surface area contributed by atoms with Gasteiger partial charge in [-0.2, -0.15) is 0 Å². The molecule has 0 bridgehead atoms. The number of aromatic amines is 1. The predicted molar refractivity (Wildman–Crippen MR) is 79.3 cm³/mol. The zero-order valence-corrected chi connectivity index (χ0v) is 11.2. The molecule has 0 aliphatic carbocycles.